The van der Waals surface area contributed by atoms with Crippen molar-refractivity contribution in [2.75, 3.05) is 44.7 Å². The Labute approximate surface area is 158 Å². The Balaban J connectivity index is 1.40. The predicted octanol–water partition coefficient (Wildman–Crippen LogP) is -0.691. The summed E-state index contributed by atoms with van der Waals surface area (Å²) in [5, 5.41) is 2.96. The molecule has 1 aliphatic heterocycles. The molecule has 7 heteroatoms. The number of benzene rings is 1. The average Bonchev–Trinajstić information content (AvgIpc) is 2.73. The van der Waals surface area contributed by atoms with Crippen LogP contribution >= 0.6 is 0 Å². The summed E-state index contributed by atoms with van der Waals surface area (Å²) in [6.07, 6.45) is 1.93. The van der Waals surface area contributed by atoms with Crippen molar-refractivity contribution >= 4 is 17.7 Å². The minimum absolute atomic E-state index is 0.0433. The molecule has 0 radical (unpaired) electrons. The molecule has 1 fully saturated rings. The first-order valence-corrected chi connectivity index (χ1v) is 9.15. The van der Waals surface area contributed by atoms with E-state index in [4.69, 9.17) is 0 Å². The Kier molecular flexibility index (Phi) is 6.38. The van der Waals surface area contributed by atoms with Crippen molar-refractivity contribution in [2.24, 2.45) is 0 Å². The van der Waals surface area contributed by atoms with Crippen LogP contribution in [0, 0.1) is 0 Å². The summed E-state index contributed by atoms with van der Waals surface area (Å²) in [5.74, 6) is 0.805. The zero-order valence-corrected chi connectivity index (χ0v) is 15.5. The van der Waals surface area contributed by atoms with Gasteiger partial charge in [-0.2, -0.15) is 0 Å². The van der Waals surface area contributed by atoms with Crippen molar-refractivity contribution in [1.29, 1.82) is 0 Å². The van der Waals surface area contributed by atoms with E-state index in [1.165, 1.54) is 12.0 Å². The number of nitrogens with zero attached hydrogens (tertiary/aromatic N) is 1. The molecule has 3 N–H and O–H groups in total. The van der Waals surface area contributed by atoms with Crippen LogP contribution in [-0.2, 0) is 16.1 Å². The van der Waals surface area contributed by atoms with E-state index in [2.05, 4.69) is 26.0 Å². The van der Waals surface area contributed by atoms with Crippen LogP contribution in [0.3, 0.4) is 0 Å². The summed E-state index contributed by atoms with van der Waals surface area (Å²) < 4.78 is 4.68. The number of amides is 1. The monoisotopic (exact) mass is 370 g/mol. The van der Waals surface area contributed by atoms with Crippen molar-refractivity contribution in [3.8, 4) is 0 Å². The number of aromatic amines is 1. The summed E-state index contributed by atoms with van der Waals surface area (Å²) >= 11 is 0. The summed E-state index contributed by atoms with van der Waals surface area (Å²) in [6.45, 7) is 4.66. The molecule has 0 atom stereocenters. The van der Waals surface area contributed by atoms with Gasteiger partial charge >= 0.3 is 5.97 Å². The third kappa shape index (κ3) is 5.27. The van der Waals surface area contributed by atoms with Gasteiger partial charge in [-0.05, 0) is 23.8 Å². The molecule has 3 rings (SSSR count). The maximum atomic E-state index is 12.2. The lowest BCUT2D eigenvalue weighted by atomic mass is 10.1. The number of quaternary nitrogens is 1. The molecule has 0 spiro atoms. The number of aromatic nitrogens is 1. The van der Waals surface area contributed by atoms with Gasteiger partial charge in [0.15, 0.2) is 6.54 Å². The fourth-order valence-electron chi connectivity index (χ4n) is 3.19. The van der Waals surface area contributed by atoms with E-state index in [0.29, 0.717) is 18.7 Å². The number of pyridine rings is 1. The topological polar surface area (TPSA) is 77.2 Å². The van der Waals surface area contributed by atoms with Gasteiger partial charge in [0.1, 0.15) is 26.2 Å². The highest BCUT2D eigenvalue weighted by molar-refractivity contribution is 5.89. The molecule has 7 nitrogen and oxygen atoms in total. The molecule has 2 heterocycles. The quantitative estimate of drug-likeness (QED) is 0.660. The second-order valence-electron chi connectivity index (χ2n) is 6.63. The first-order chi connectivity index (χ1) is 13.2. The highest BCUT2D eigenvalue weighted by atomic mass is 16.5. The molecule has 1 saturated heterocycles. The lowest BCUT2D eigenvalue weighted by Crippen LogP contribution is -3.16. The molecule has 0 saturated carbocycles. The van der Waals surface area contributed by atoms with Crippen LogP contribution < -0.4 is 20.1 Å². The van der Waals surface area contributed by atoms with Crippen LogP contribution in [0.25, 0.3) is 0 Å². The highest BCUT2D eigenvalue weighted by Crippen LogP contribution is 2.06. The van der Waals surface area contributed by atoms with Crippen molar-refractivity contribution in [1.82, 2.24) is 5.32 Å². The number of esters is 1. The van der Waals surface area contributed by atoms with E-state index in [1.54, 1.807) is 12.1 Å². The number of hydrogen-bond donors (Lipinski definition) is 2. The number of piperazine rings is 1. The number of methoxy groups -OCH3 is 1. The van der Waals surface area contributed by atoms with E-state index >= 15 is 0 Å². The van der Waals surface area contributed by atoms with E-state index in [1.807, 2.05) is 30.5 Å². The van der Waals surface area contributed by atoms with Gasteiger partial charge in [-0.15, -0.1) is 0 Å². The lowest BCUT2D eigenvalue weighted by molar-refractivity contribution is -0.892. The summed E-state index contributed by atoms with van der Waals surface area (Å²) in [7, 11) is 1.36. The smallest absolute Gasteiger partial charge is 0.337 e. The van der Waals surface area contributed by atoms with Gasteiger partial charge in [-0.3, -0.25) is 9.69 Å². The number of anilines is 1. The van der Waals surface area contributed by atoms with E-state index in [-0.39, 0.29) is 11.9 Å². The van der Waals surface area contributed by atoms with Gasteiger partial charge in [0, 0.05) is 12.6 Å². The van der Waals surface area contributed by atoms with Crippen LogP contribution in [0.1, 0.15) is 15.9 Å². The van der Waals surface area contributed by atoms with E-state index in [9.17, 15) is 9.59 Å². The molecular formula is C20H26N4O3+2. The Bertz CT molecular complexity index is 757. The number of carbonyl (C=O) groups excluding carboxylic acids is 2. The standard InChI is InChI=1S/C20H24N4O3/c1-27-20(26)17-7-5-16(6-8-17)14-22-19(25)15-23-10-12-24(13-11-23)18-4-2-3-9-21-18/h2-9H,10-15H2,1H3,(H,22,25)/p+2. The van der Waals surface area contributed by atoms with Crippen LogP contribution in [0.5, 0.6) is 0 Å². The van der Waals surface area contributed by atoms with Crippen molar-refractivity contribution in [2.45, 2.75) is 6.54 Å². The molecule has 142 valence electrons. The Hall–Kier alpha value is -2.93. The summed E-state index contributed by atoms with van der Waals surface area (Å²) in [6, 6.07) is 13.1. The largest absolute Gasteiger partial charge is 0.465 e. The van der Waals surface area contributed by atoms with Crippen molar-refractivity contribution in [3.05, 3.63) is 59.8 Å². The number of ether oxygens (including phenoxy) is 1. The maximum absolute atomic E-state index is 12.2. The minimum Gasteiger partial charge on any atom is -0.465 e. The highest BCUT2D eigenvalue weighted by Gasteiger charge is 2.27. The van der Waals surface area contributed by atoms with Crippen LogP contribution in [0.15, 0.2) is 48.7 Å². The fourth-order valence-corrected chi connectivity index (χ4v) is 3.19. The van der Waals surface area contributed by atoms with Crippen molar-refractivity contribution < 1.29 is 24.2 Å². The lowest BCUT2D eigenvalue weighted by Gasteiger charge is -2.27. The molecule has 0 aliphatic carbocycles. The van der Waals surface area contributed by atoms with E-state index < -0.39 is 0 Å². The number of rotatable bonds is 6. The van der Waals surface area contributed by atoms with Gasteiger partial charge < -0.3 is 15.0 Å². The average molecular weight is 370 g/mol. The normalized spacial score (nSPS) is 14.6. The second kappa shape index (κ2) is 9.14. The minimum atomic E-state index is -0.360. The number of carbonyl (C=O) groups is 2. The number of hydrogen-bond acceptors (Lipinski definition) is 4. The molecule has 27 heavy (non-hydrogen) atoms. The molecule has 1 aliphatic rings. The van der Waals surface area contributed by atoms with Gasteiger partial charge in [0.05, 0.1) is 18.9 Å². The second-order valence-corrected chi connectivity index (χ2v) is 6.63. The molecule has 0 unspecified atom stereocenters. The third-order valence-electron chi connectivity index (χ3n) is 4.78. The van der Waals surface area contributed by atoms with Crippen molar-refractivity contribution in [3.63, 3.8) is 0 Å². The molecular weight excluding hydrogens is 344 g/mol. The van der Waals surface area contributed by atoms with Crippen LogP contribution in [0.4, 0.5) is 5.82 Å². The Morgan fingerprint density at radius 2 is 1.89 bits per heavy atom. The van der Waals surface area contributed by atoms with E-state index in [0.717, 1.165) is 37.6 Å². The fraction of sp³-hybridized carbons (Fsp3) is 0.350. The van der Waals surface area contributed by atoms with Gasteiger partial charge in [0.25, 0.3) is 11.7 Å². The maximum Gasteiger partial charge on any atom is 0.337 e. The zero-order chi connectivity index (χ0) is 19.1. The first kappa shape index (κ1) is 18.8. The summed E-state index contributed by atoms with van der Waals surface area (Å²) in [4.78, 5) is 30.5. The molecule has 1 aromatic heterocycles. The van der Waals surface area contributed by atoms with Crippen LogP contribution in [-0.4, -0.2) is 51.7 Å². The zero-order valence-electron chi connectivity index (χ0n) is 15.5. The number of nitrogens with one attached hydrogen (secondary N) is 3. The van der Waals surface area contributed by atoms with Gasteiger partial charge in [0.2, 0.25) is 0 Å². The molecule has 2 aromatic rings. The molecule has 1 aromatic carbocycles. The third-order valence-corrected chi connectivity index (χ3v) is 4.78. The predicted molar refractivity (Wildman–Crippen MR) is 100 cm³/mol. The Morgan fingerprint density at radius 3 is 2.52 bits per heavy atom. The SMILES string of the molecule is COC(=O)c1ccc(CNC(=O)C[NH+]2CCN(c3cccc[nH+]3)CC2)cc1. The molecule has 1 amide bonds. The Morgan fingerprint density at radius 1 is 1.15 bits per heavy atom. The summed E-state index contributed by atoms with van der Waals surface area (Å²) in [5.41, 5.74) is 1.46. The number of H-pyrrole nitrogens is 1. The van der Waals surface area contributed by atoms with Crippen LogP contribution in [0.2, 0.25) is 0 Å². The van der Waals surface area contributed by atoms with Gasteiger partial charge in [-0.25, -0.2) is 9.78 Å². The van der Waals surface area contributed by atoms with Gasteiger partial charge in [-0.1, -0.05) is 18.2 Å². The molecule has 0 bridgehead atoms. The first-order valence-electron chi connectivity index (χ1n) is 9.15.